The summed E-state index contributed by atoms with van der Waals surface area (Å²) in [6.45, 7) is 0.551. The lowest BCUT2D eigenvalue weighted by molar-refractivity contribution is 0.613. The summed E-state index contributed by atoms with van der Waals surface area (Å²) in [6, 6.07) is 18.3. The average molecular weight is 336 g/mol. The van der Waals surface area contributed by atoms with E-state index in [0.29, 0.717) is 6.54 Å². The zero-order valence-corrected chi connectivity index (χ0v) is 14.0. The van der Waals surface area contributed by atoms with Gasteiger partial charge in [-0.05, 0) is 17.7 Å². The van der Waals surface area contributed by atoms with Crippen molar-refractivity contribution in [2.24, 2.45) is 7.05 Å². The summed E-state index contributed by atoms with van der Waals surface area (Å²) in [5.41, 5.74) is 3.16. The van der Waals surface area contributed by atoms with Crippen LogP contribution >= 0.6 is 11.8 Å². The molecule has 4 rings (SSSR count). The van der Waals surface area contributed by atoms with Gasteiger partial charge in [0.15, 0.2) is 11.0 Å². The average Bonchev–Trinajstić information content (AvgIpc) is 3.19. The van der Waals surface area contributed by atoms with Crippen LogP contribution in [0.2, 0.25) is 0 Å². The van der Waals surface area contributed by atoms with E-state index >= 15 is 0 Å². The number of benzene rings is 2. The first-order valence-corrected chi connectivity index (χ1v) is 8.63. The van der Waals surface area contributed by atoms with Gasteiger partial charge in [0, 0.05) is 12.8 Å². The molecule has 7 heteroatoms. The number of nitrogens with zero attached hydrogens (tertiary/aromatic N) is 6. The van der Waals surface area contributed by atoms with Crippen LogP contribution in [0.5, 0.6) is 0 Å². The third kappa shape index (κ3) is 2.90. The monoisotopic (exact) mass is 336 g/mol. The third-order valence-electron chi connectivity index (χ3n) is 3.85. The fourth-order valence-electron chi connectivity index (χ4n) is 2.50. The van der Waals surface area contributed by atoms with Gasteiger partial charge in [-0.2, -0.15) is 0 Å². The molecule has 0 aliphatic heterocycles. The van der Waals surface area contributed by atoms with E-state index < -0.39 is 0 Å². The van der Waals surface area contributed by atoms with Crippen LogP contribution in [0, 0.1) is 0 Å². The van der Waals surface area contributed by atoms with Crippen molar-refractivity contribution in [3.63, 3.8) is 0 Å². The number of para-hydroxylation sites is 1. The molecular weight excluding hydrogens is 320 g/mol. The molecule has 0 spiro atoms. The molecule has 0 aliphatic carbocycles. The summed E-state index contributed by atoms with van der Waals surface area (Å²) < 4.78 is 3.87. The number of rotatable bonds is 5. The zero-order chi connectivity index (χ0) is 16.4. The summed E-state index contributed by atoms with van der Waals surface area (Å²) in [5.74, 6) is 1.74. The molecule has 0 saturated carbocycles. The maximum Gasteiger partial charge on any atom is 0.191 e. The smallest absolute Gasteiger partial charge is 0.191 e. The first-order chi connectivity index (χ1) is 11.8. The Kier molecular flexibility index (Phi) is 4.00. The van der Waals surface area contributed by atoms with Crippen molar-refractivity contribution in [1.29, 1.82) is 0 Å². The lowest BCUT2D eigenvalue weighted by atomic mass is 10.2. The second-order valence-corrected chi connectivity index (χ2v) is 6.41. The molecular formula is C17H16N6S. The first kappa shape index (κ1) is 14.9. The summed E-state index contributed by atoms with van der Waals surface area (Å²) in [6.07, 6.45) is 0. The number of hydrogen-bond acceptors (Lipinski definition) is 5. The van der Waals surface area contributed by atoms with Crippen LogP contribution in [0.4, 0.5) is 0 Å². The van der Waals surface area contributed by atoms with Gasteiger partial charge < -0.3 is 4.57 Å². The van der Waals surface area contributed by atoms with Crippen LogP contribution < -0.4 is 0 Å². The van der Waals surface area contributed by atoms with Gasteiger partial charge in [-0.25, -0.2) is 4.68 Å². The molecule has 0 atom stereocenters. The van der Waals surface area contributed by atoms with Crippen LogP contribution in [0.3, 0.4) is 0 Å². The van der Waals surface area contributed by atoms with Gasteiger partial charge in [0.05, 0.1) is 5.52 Å². The van der Waals surface area contributed by atoms with Crippen LogP contribution in [-0.2, 0) is 19.3 Å². The van der Waals surface area contributed by atoms with Crippen molar-refractivity contribution in [3.05, 3.63) is 66.0 Å². The highest BCUT2D eigenvalue weighted by Gasteiger charge is 2.12. The summed E-state index contributed by atoms with van der Waals surface area (Å²) in [4.78, 5) is 0. The van der Waals surface area contributed by atoms with Gasteiger partial charge in [-0.1, -0.05) is 59.4 Å². The Morgan fingerprint density at radius 2 is 1.71 bits per heavy atom. The summed E-state index contributed by atoms with van der Waals surface area (Å²) >= 11 is 1.68. The molecule has 0 N–H and O–H groups in total. The highest BCUT2D eigenvalue weighted by Crippen LogP contribution is 2.21. The number of fused-ring (bicyclic) bond motifs is 1. The van der Waals surface area contributed by atoms with E-state index in [4.69, 9.17) is 0 Å². The van der Waals surface area contributed by atoms with E-state index in [1.165, 1.54) is 5.56 Å². The highest BCUT2D eigenvalue weighted by atomic mass is 32.2. The number of hydrogen-bond donors (Lipinski definition) is 0. The molecule has 0 aliphatic rings. The fourth-order valence-corrected chi connectivity index (χ4v) is 3.38. The normalized spacial score (nSPS) is 11.2. The van der Waals surface area contributed by atoms with Gasteiger partial charge in [0.1, 0.15) is 12.1 Å². The predicted octanol–water partition coefficient (Wildman–Crippen LogP) is 2.90. The zero-order valence-electron chi connectivity index (χ0n) is 13.2. The molecule has 4 aromatic rings. The van der Waals surface area contributed by atoms with Gasteiger partial charge in [0.2, 0.25) is 0 Å². The van der Waals surface area contributed by atoms with E-state index in [-0.39, 0.29) is 0 Å². The molecule has 2 aromatic heterocycles. The van der Waals surface area contributed by atoms with Crippen molar-refractivity contribution in [1.82, 2.24) is 29.8 Å². The van der Waals surface area contributed by atoms with Crippen molar-refractivity contribution >= 4 is 22.8 Å². The molecule has 0 bridgehead atoms. The molecule has 0 amide bonds. The van der Waals surface area contributed by atoms with Crippen LogP contribution in [0.1, 0.15) is 11.4 Å². The number of aromatic nitrogens is 6. The molecule has 0 saturated heterocycles. The van der Waals surface area contributed by atoms with Gasteiger partial charge in [-0.15, -0.1) is 15.3 Å². The maximum absolute atomic E-state index is 4.31. The van der Waals surface area contributed by atoms with Crippen LogP contribution in [0.15, 0.2) is 59.8 Å². The quantitative estimate of drug-likeness (QED) is 0.524. The minimum Gasteiger partial charge on any atom is -0.308 e. The molecule has 0 radical (unpaired) electrons. The lowest BCUT2D eigenvalue weighted by Gasteiger charge is -2.04. The largest absolute Gasteiger partial charge is 0.308 e. The number of thioether (sulfide) groups is 1. The standard InChI is InChI=1S/C17H16N6S/c1-22-16(11-23-15-10-6-5-9-14(15)18-21-23)19-20-17(22)24-12-13-7-3-2-4-8-13/h2-10H,11-12H2,1H3. The van der Waals surface area contributed by atoms with E-state index in [1.54, 1.807) is 11.8 Å². The minimum absolute atomic E-state index is 0.551. The molecule has 120 valence electrons. The molecule has 0 fully saturated rings. The Hall–Kier alpha value is -2.67. The van der Waals surface area contributed by atoms with E-state index in [2.05, 4.69) is 32.6 Å². The lowest BCUT2D eigenvalue weighted by Crippen LogP contribution is -2.08. The van der Waals surface area contributed by atoms with Crippen molar-refractivity contribution in [3.8, 4) is 0 Å². The fraction of sp³-hybridized carbons (Fsp3) is 0.176. The second-order valence-electron chi connectivity index (χ2n) is 5.47. The molecule has 2 aromatic carbocycles. The molecule has 6 nitrogen and oxygen atoms in total. The first-order valence-electron chi connectivity index (χ1n) is 7.64. The second kappa shape index (κ2) is 6.45. The third-order valence-corrected chi connectivity index (χ3v) is 4.94. The van der Waals surface area contributed by atoms with E-state index in [1.807, 2.05) is 58.8 Å². The van der Waals surface area contributed by atoms with Gasteiger partial charge in [-0.3, -0.25) is 0 Å². The summed E-state index contributed by atoms with van der Waals surface area (Å²) in [7, 11) is 1.99. The van der Waals surface area contributed by atoms with E-state index in [9.17, 15) is 0 Å². The Balaban J connectivity index is 1.52. The molecule has 0 unspecified atom stereocenters. The van der Waals surface area contributed by atoms with E-state index in [0.717, 1.165) is 27.8 Å². The van der Waals surface area contributed by atoms with Gasteiger partial charge >= 0.3 is 0 Å². The van der Waals surface area contributed by atoms with Crippen molar-refractivity contribution < 1.29 is 0 Å². The predicted molar refractivity (Wildman–Crippen MR) is 93.6 cm³/mol. The minimum atomic E-state index is 0.551. The Morgan fingerprint density at radius 3 is 2.58 bits per heavy atom. The Morgan fingerprint density at radius 1 is 0.917 bits per heavy atom. The van der Waals surface area contributed by atoms with Crippen LogP contribution in [0.25, 0.3) is 11.0 Å². The molecule has 2 heterocycles. The van der Waals surface area contributed by atoms with Gasteiger partial charge in [0.25, 0.3) is 0 Å². The Labute approximate surface area is 143 Å². The summed E-state index contributed by atoms with van der Waals surface area (Å²) in [5, 5.41) is 17.9. The molecule has 24 heavy (non-hydrogen) atoms. The van der Waals surface area contributed by atoms with Crippen molar-refractivity contribution in [2.45, 2.75) is 17.5 Å². The van der Waals surface area contributed by atoms with Crippen molar-refractivity contribution in [2.75, 3.05) is 0 Å². The van der Waals surface area contributed by atoms with Crippen LogP contribution in [-0.4, -0.2) is 29.8 Å². The topological polar surface area (TPSA) is 61.4 Å². The SMILES string of the molecule is Cn1c(Cn2nnc3ccccc32)nnc1SCc1ccccc1. The maximum atomic E-state index is 4.31. The highest BCUT2D eigenvalue weighted by molar-refractivity contribution is 7.98. The Bertz CT molecular complexity index is 960.